The molecule has 4 N–H and O–H groups in total. The number of hydrogen-bond acceptors (Lipinski definition) is 6. The van der Waals surface area contributed by atoms with Gasteiger partial charge in [0.25, 0.3) is 0 Å². The number of hydrogen-bond donors (Lipinski definition) is 3. The molecular formula is C26H46N4O4S. The molecule has 2 saturated carbocycles. The number of amides is 3. The average molecular weight is 511 g/mol. The van der Waals surface area contributed by atoms with E-state index in [2.05, 4.69) is 10.6 Å². The molecule has 35 heavy (non-hydrogen) atoms. The fourth-order valence-corrected chi connectivity index (χ4v) is 7.34. The summed E-state index contributed by atoms with van der Waals surface area (Å²) in [6, 6.07) is -0.967. The van der Waals surface area contributed by atoms with Gasteiger partial charge in [0, 0.05) is 29.1 Å². The molecule has 9 heteroatoms. The molecule has 8 nitrogen and oxygen atoms in total. The molecule has 3 rings (SSSR count). The van der Waals surface area contributed by atoms with Crippen LogP contribution in [0, 0.1) is 5.92 Å². The molecule has 0 bridgehead atoms. The summed E-state index contributed by atoms with van der Waals surface area (Å²) >= 11 is 1.78. The quantitative estimate of drug-likeness (QED) is 0.414. The third kappa shape index (κ3) is 8.00. The minimum atomic E-state index is -0.759. The number of nitrogens with two attached hydrogens (primary N) is 1. The van der Waals surface area contributed by atoms with E-state index in [0.29, 0.717) is 43.7 Å². The third-order valence-corrected chi connectivity index (χ3v) is 9.36. The van der Waals surface area contributed by atoms with E-state index >= 15 is 0 Å². The summed E-state index contributed by atoms with van der Waals surface area (Å²) < 4.78 is 4.74. The van der Waals surface area contributed by atoms with Gasteiger partial charge in [0.2, 0.25) is 11.8 Å². The Balaban J connectivity index is 1.66. The lowest BCUT2D eigenvalue weighted by molar-refractivity contribution is -0.140. The molecule has 0 aromatic carbocycles. The van der Waals surface area contributed by atoms with E-state index in [9.17, 15) is 14.4 Å². The summed E-state index contributed by atoms with van der Waals surface area (Å²) in [5.74, 6) is 0.184. The van der Waals surface area contributed by atoms with Crippen LogP contribution in [0.3, 0.4) is 0 Å². The van der Waals surface area contributed by atoms with Gasteiger partial charge in [-0.25, -0.2) is 4.79 Å². The number of thioether (sulfide) groups is 1. The van der Waals surface area contributed by atoms with E-state index in [4.69, 9.17) is 10.5 Å². The summed E-state index contributed by atoms with van der Waals surface area (Å²) in [5.41, 5.74) is 6.01. The highest BCUT2D eigenvalue weighted by Gasteiger charge is 2.45. The number of rotatable bonds is 10. The first-order chi connectivity index (χ1) is 16.7. The third-order valence-electron chi connectivity index (χ3n) is 7.71. The summed E-state index contributed by atoms with van der Waals surface area (Å²) in [6.07, 6.45) is 10.3. The Kier molecular flexibility index (Phi) is 10.6. The van der Waals surface area contributed by atoms with Crippen molar-refractivity contribution in [2.24, 2.45) is 11.7 Å². The van der Waals surface area contributed by atoms with Crippen LogP contribution in [-0.4, -0.2) is 70.6 Å². The van der Waals surface area contributed by atoms with Gasteiger partial charge in [-0.15, -0.1) is 11.8 Å². The van der Waals surface area contributed by atoms with Crippen molar-refractivity contribution in [3.05, 3.63) is 0 Å². The van der Waals surface area contributed by atoms with Crippen molar-refractivity contribution < 1.29 is 19.1 Å². The molecular weight excluding hydrogens is 464 g/mol. The molecule has 0 aromatic heterocycles. The summed E-state index contributed by atoms with van der Waals surface area (Å²) in [5, 5.41) is 6.46. The SMILES string of the molecule is CCCOC(=O)N[C@@H](C(=O)N1CCC[C@H]1C(=O)NCC1CCC(N)CC1)C(C)(C)SC1CCCC1. The highest BCUT2D eigenvalue weighted by atomic mass is 32.2. The Morgan fingerprint density at radius 2 is 1.74 bits per heavy atom. The zero-order valence-electron chi connectivity index (χ0n) is 21.9. The normalized spacial score (nSPS) is 26.4. The maximum Gasteiger partial charge on any atom is 0.407 e. The molecule has 200 valence electrons. The van der Waals surface area contributed by atoms with Crippen LogP contribution in [0.4, 0.5) is 4.79 Å². The Morgan fingerprint density at radius 1 is 1.06 bits per heavy atom. The van der Waals surface area contributed by atoms with Gasteiger partial charge in [0.15, 0.2) is 0 Å². The van der Waals surface area contributed by atoms with Crippen LogP contribution >= 0.6 is 11.8 Å². The standard InChI is InChI=1S/C26H46N4O4S/c1-4-16-34-25(33)29-22(26(2,3)35-20-8-5-6-9-20)24(32)30-15-7-10-21(30)23(31)28-17-18-11-13-19(27)14-12-18/h18-22H,4-17,27H2,1-3H3,(H,28,31)(H,29,33)/t18?,19?,21-,22-/m0/s1. The van der Waals surface area contributed by atoms with Crippen LogP contribution in [0.2, 0.25) is 0 Å². The summed E-state index contributed by atoms with van der Waals surface area (Å²) in [4.78, 5) is 41.2. The second kappa shape index (κ2) is 13.2. The molecule has 3 amide bonds. The maximum atomic E-state index is 13.9. The highest BCUT2D eigenvalue weighted by molar-refractivity contribution is 8.01. The lowest BCUT2D eigenvalue weighted by Crippen LogP contribution is -2.60. The van der Waals surface area contributed by atoms with Gasteiger partial charge in [-0.2, -0.15) is 0 Å². The molecule has 1 aliphatic heterocycles. The highest BCUT2D eigenvalue weighted by Crippen LogP contribution is 2.40. The number of carbonyl (C=O) groups excluding carboxylic acids is 3. The van der Waals surface area contributed by atoms with Crippen molar-refractivity contribution in [1.82, 2.24) is 15.5 Å². The van der Waals surface area contributed by atoms with Crippen LogP contribution in [-0.2, 0) is 14.3 Å². The molecule has 2 aliphatic carbocycles. The lowest BCUT2D eigenvalue weighted by Gasteiger charge is -2.38. The molecule has 3 aliphatic rings. The molecule has 1 heterocycles. The van der Waals surface area contributed by atoms with Crippen molar-refractivity contribution in [1.29, 1.82) is 0 Å². The number of likely N-dealkylation sites (tertiary alicyclic amines) is 1. The van der Waals surface area contributed by atoms with E-state index in [0.717, 1.165) is 44.9 Å². The Morgan fingerprint density at radius 3 is 2.40 bits per heavy atom. The molecule has 1 saturated heterocycles. The Bertz CT molecular complexity index is 720. The first-order valence-electron chi connectivity index (χ1n) is 13.7. The second-order valence-corrected chi connectivity index (χ2v) is 13.0. The molecule has 0 spiro atoms. The Hall–Kier alpha value is -1.48. The van der Waals surface area contributed by atoms with E-state index in [1.807, 2.05) is 20.8 Å². The van der Waals surface area contributed by atoms with Crippen molar-refractivity contribution in [2.75, 3.05) is 19.7 Å². The van der Waals surface area contributed by atoms with Crippen LogP contribution in [0.15, 0.2) is 0 Å². The van der Waals surface area contributed by atoms with E-state index in [1.54, 1.807) is 16.7 Å². The van der Waals surface area contributed by atoms with Gasteiger partial charge in [0.05, 0.1) is 6.61 Å². The molecule has 3 fully saturated rings. The van der Waals surface area contributed by atoms with Gasteiger partial charge in [-0.05, 0) is 77.6 Å². The predicted molar refractivity (Wildman–Crippen MR) is 140 cm³/mol. The Labute approximate surface area is 215 Å². The largest absolute Gasteiger partial charge is 0.450 e. The van der Waals surface area contributed by atoms with Gasteiger partial charge in [-0.3, -0.25) is 9.59 Å². The van der Waals surface area contributed by atoms with Crippen molar-refractivity contribution >= 4 is 29.7 Å². The minimum Gasteiger partial charge on any atom is -0.450 e. The summed E-state index contributed by atoms with van der Waals surface area (Å²) in [7, 11) is 0. The van der Waals surface area contributed by atoms with Crippen molar-refractivity contribution in [2.45, 2.75) is 120 Å². The van der Waals surface area contributed by atoms with E-state index in [-0.39, 0.29) is 17.9 Å². The number of ether oxygens (including phenoxy) is 1. The van der Waals surface area contributed by atoms with E-state index in [1.165, 1.54) is 12.8 Å². The molecule has 0 aromatic rings. The second-order valence-electron chi connectivity index (χ2n) is 11.1. The fraction of sp³-hybridized carbons (Fsp3) is 0.885. The van der Waals surface area contributed by atoms with Crippen LogP contribution in [0.25, 0.3) is 0 Å². The number of alkyl carbamates (subject to hydrolysis) is 1. The van der Waals surface area contributed by atoms with Gasteiger partial charge >= 0.3 is 6.09 Å². The number of nitrogens with one attached hydrogen (secondary N) is 2. The van der Waals surface area contributed by atoms with E-state index < -0.39 is 22.9 Å². The summed E-state index contributed by atoms with van der Waals surface area (Å²) in [6.45, 7) is 7.46. The van der Waals surface area contributed by atoms with Crippen molar-refractivity contribution in [3.63, 3.8) is 0 Å². The smallest absolute Gasteiger partial charge is 0.407 e. The van der Waals surface area contributed by atoms with Crippen molar-refractivity contribution in [3.8, 4) is 0 Å². The zero-order valence-corrected chi connectivity index (χ0v) is 22.7. The molecule has 0 radical (unpaired) electrons. The monoisotopic (exact) mass is 510 g/mol. The van der Waals surface area contributed by atoms with Crippen LogP contribution in [0.1, 0.15) is 91.4 Å². The minimum absolute atomic E-state index is 0.0840. The topological polar surface area (TPSA) is 114 Å². The molecule has 0 unspecified atom stereocenters. The first kappa shape index (κ1) is 28.1. The lowest BCUT2D eigenvalue weighted by atomic mass is 9.86. The van der Waals surface area contributed by atoms with Gasteiger partial charge in [0.1, 0.15) is 12.1 Å². The molecule has 2 atom stereocenters. The van der Waals surface area contributed by atoms with Gasteiger partial charge < -0.3 is 26.0 Å². The predicted octanol–water partition coefficient (Wildman–Crippen LogP) is 3.57. The average Bonchev–Trinajstić information content (AvgIpc) is 3.52. The number of carbonyl (C=O) groups is 3. The fourth-order valence-electron chi connectivity index (χ4n) is 5.61. The van der Waals surface area contributed by atoms with Gasteiger partial charge in [-0.1, -0.05) is 19.8 Å². The van der Waals surface area contributed by atoms with Crippen LogP contribution < -0.4 is 16.4 Å². The zero-order chi connectivity index (χ0) is 25.4. The number of nitrogens with zero attached hydrogens (tertiary/aromatic N) is 1. The van der Waals surface area contributed by atoms with Crippen LogP contribution in [0.5, 0.6) is 0 Å². The first-order valence-corrected chi connectivity index (χ1v) is 14.5. The maximum absolute atomic E-state index is 13.9.